The predicted octanol–water partition coefficient (Wildman–Crippen LogP) is 2.16. The maximum absolute atomic E-state index is 12.5. The average molecular weight is 275 g/mol. The molecule has 0 saturated heterocycles. The first-order valence-electron chi connectivity index (χ1n) is 5.76. The monoisotopic (exact) mass is 275 g/mol. The predicted molar refractivity (Wildman–Crippen MR) is 59.4 cm³/mol. The fourth-order valence-corrected chi connectivity index (χ4v) is 2.11. The van der Waals surface area contributed by atoms with E-state index in [-0.39, 0.29) is 12.0 Å². The Morgan fingerprint density at radius 1 is 1.42 bits per heavy atom. The molecule has 8 heteroatoms. The van der Waals surface area contributed by atoms with E-state index in [0.717, 1.165) is 12.3 Å². The van der Waals surface area contributed by atoms with E-state index in [1.807, 2.05) is 0 Å². The summed E-state index contributed by atoms with van der Waals surface area (Å²) in [6.07, 6.45) is -2.03. The van der Waals surface area contributed by atoms with Crippen LogP contribution in [0.15, 0.2) is 12.3 Å². The van der Waals surface area contributed by atoms with Crippen LogP contribution >= 0.6 is 0 Å². The van der Waals surface area contributed by atoms with E-state index in [1.54, 1.807) is 0 Å². The highest BCUT2D eigenvalue weighted by Gasteiger charge is 2.34. The van der Waals surface area contributed by atoms with Crippen LogP contribution in [-0.4, -0.2) is 27.1 Å². The fourth-order valence-electron chi connectivity index (χ4n) is 2.11. The van der Waals surface area contributed by atoms with E-state index in [9.17, 15) is 18.0 Å². The Kier molecular flexibility index (Phi) is 3.59. The topological polar surface area (TPSA) is 75.1 Å². The van der Waals surface area contributed by atoms with Crippen molar-refractivity contribution in [2.24, 2.45) is 5.92 Å². The maximum Gasteiger partial charge on any atom is 0.433 e. The molecule has 0 radical (unpaired) electrons. The first kappa shape index (κ1) is 13.6. The van der Waals surface area contributed by atoms with E-state index < -0.39 is 23.8 Å². The van der Waals surface area contributed by atoms with E-state index in [4.69, 9.17) is 5.11 Å². The van der Waals surface area contributed by atoms with E-state index >= 15 is 0 Å². The van der Waals surface area contributed by atoms with E-state index in [2.05, 4.69) is 15.3 Å². The van der Waals surface area contributed by atoms with Crippen LogP contribution in [0.4, 0.5) is 19.1 Å². The summed E-state index contributed by atoms with van der Waals surface area (Å²) in [6.45, 7) is 0. The van der Waals surface area contributed by atoms with Gasteiger partial charge in [0.25, 0.3) is 0 Å². The molecule has 1 aromatic rings. The SMILES string of the molecule is O=C(O)[C@@H]1CC[C@H](Nc2nccc(C(F)(F)F)n2)C1. The molecule has 0 spiro atoms. The number of carboxylic acids is 1. The zero-order valence-electron chi connectivity index (χ0n) is 9.81. The Hall–Kier alpha value is -1.86. The molecule has 1 aliphatic carbocycles. The van der Waals surface area contributed by atoms with Gasteiger partial charge in [0.05, 0.1) is 5.92 Å². The van der Waals surface area contributed by atoms with Crippen LogP contribution in [0.2, 0.25) is 0 Å². The molecule has 5 nitrogen and oxygen atoms in total. The highest BCUT2D eigenvalue weighted by atomic mass is 19.4. The van der Waals surface area contributed by atoms with Crippen LogP contribution in [0.25, 0.3) is 0 Å². The summed E-state index contributed by atoms with van der Waals surface area (Å²) in [7, 11) is 0. The molecule has 0 aliphatic heterocycles. The van der Waals surface area contributed by atoms with Crippen molar-refractivity contribution in [1.29, 1.82) is 0 Å². The minimum atomic E-state index is -4.52. The molecular formula is C11H12F3N3O2. The van der Waals surface area contributed by atoms with Gasteiger partial charge in [0.1, 0.15) is 5.69 Å². The molecule has 19 heavy (non-hydrogen) atoms. The number of aromatic nitrogens is 2. The third-order valence-corrected chi connectivity index (χ3v) is 3.06. The van der Waals surface area contributed by atoms with Crippen molar-refractivity contribution in [1.82, 2.24) is 9.97 Å². The summed E-state index contributed by atoms with van der Waals surface area (Å²) in [4.78, 5) is 17.9. The third kappa shape index (κ3) is 3.33. The average Bonchev–Trinajstić information content (AvgIpc) is 2.77. The summed E-state index contributed by atoms with van der Waals surface area (Å²) < 4.78 is 37.4. The second-order valence-electron chi connectivity index (χ2n) is 4.45. The van der Waals surface area contributed by atoms with Crippen molar-refractivity contribution in [3.63, 3.8) is 0 Å². The van der Waals surface area contributed by atoms with Crippen LogP contribution in [-0.2, 0) is 11.0 Å². The van der Waals surface area contributed by atoms with Crippen LogP contribution in [0.3, 0.4) is 0 Å². The van der Waals surface area contributed by atoms with Crippen molar-refractivity contribution in [2.75, 3.05) is 5.32 Å². The molecule has 1 aromatic heterocycles. The first-order valence-corrected chi connectivity index (χ1v) is 5.76. The minimum absolute atomic E-state index is 0.120. The molecule has 1 saturated carbocycles. The summed E-state index contributed by atoms with van der Waals surface area (Å²) >= 11 is 0. The van der Waals surface area contributed by atoms with Crippen LogP contribution in [0.1, 0.15) is 25.0 Å². The summed E-state index contributed by atoms with van der Waals surface area (Å²) in [5.74, 6) is -1.46. The van der Waals surface area contributed by atoms with Crippen LogP contribution in [0, 0.1) is 5.92 Å². The van der Waals surface area contributed by atoms with Crippen molar-refractivity contribution in [3.05, 3.63) is 18.0 Å². The number of aliphatic carboxylic acids is 1. The molecule has 0 amide bonds. The van der Waals surface area contributed by atoms with Crippen LogP contribution in [0.5, 0.6) is 0 Å². The number of nitrogens with zero attached hydrogens (tertiary/aromatic N) is 2. The zero-order valence-corrected chi connectivity index (χ0v) is 9.81. The number of hydrogen-bond donors (Lipinski definition) is 2. The van der Waals surface area contributed by atoms with Crippen LogP contribution < -0.4 is 5.32 Å². The number of nitrogens with one attached hydrogen (secondary N) is 1. The van der Waals surface area contributed by atoms with Gasteiger partial charge in [-0.25, -0.2) is 9.97 Å². The molecule has 1 aliphatic rings. The molecule has 1 heterocycles. The highest BCUT2D eigenvalue weighted by Crippen LogP contribution is 2.30. The molecule has 1 fully saturated rings. The van der Waals surface area contributed by atoms with Gasteiger partial charge >= 0.3 is 12.1 Å². The van der Waals surface area contributed by atoms with Crippen molar-refractivity contribution >= 4 is 11.9 Å². The zero-order chi connectivity index (χ0) is 14.0. The molecule has 104 valence electrons. The van der Waals surface area contributed by atoms with Gasteiger partial charge < -0.3 is 10.4 Å². The Morgan fingerprint density at radius 3 is 2.74 bits per heavy atom. The number of hydrogen-bond acceptors (Lipinski definition) is 4. The molecule has 0 bridgehead atoms. The summed E-state index contributed by atoms with van der Waals surface area (Å²) in [6, 6.07) is 0.587. The van der Waals surface area contributed by atoms with Crippen molar-refractivity contribution in [3.8, 4) is 0 Å². The van der Waals surface area contributed by atoms with Gasteiger partial charge in [0.15, 0.2) is 0 Å². The van der Waals surface area contributed by atoms with Gasteiger partial charge in [-0.3, -0.25) is 4.79 Å². The van der Waals surface area contributed by atoms with Gasteiger partial charge in [-0.05, 0) is 25.3 Å². The number of carboxylic acid groups (broad SMARTS) is 1. The summed E-state index contributed by atoms with van der Waals surface area (Å²) in [5, 5.41) is 11.6. The van der Waals surface area contributed by atoms with Gasteiger partial charge in [-0.1, -0.05) is 0 Å². The van der Waals surface area contributed by atoms with Crippen molar-refractivity contribution < 1.29 is 23.1 Å². The Bertz CT molecular complexity index is 478. The third-order valence-electron chi connectivity index (χ3n) is 3.06. The normalized spacial score (nSPS) is 23.3. The second-order valence-corrected chi connectivity index (χ2v) is 4.45. The highest BCUT2D eigenvalue weighted by molar-refractivity contribution is 5.70. The van der Waals surface area contributed by atoms with E-state index in [1.165, 1.54) is 0 Å². The maximum atomic E-state index is 12.5. The Labute approximate surface area is 106 Å². The van der Waals surface area contributed by atoms with E-state index in [0.29, 0.717) is 19.3 Å². The fraction of sp³-hybridized carbons (Fsp3) is 0.545. The molecule has 2 rings (SSSR count). The van der Waals surface area contributed by atoms with Gasteiger partial charge in [0, 0.05) is 12.2 Å². The summed E-state index contributed by atoms with van der Waals surface area (Å²) in [5.41, 5.74) is -1.02. The number of carbonyl (C=O) groups is 1. The first-order chi connectivity index (χ1) is 8.86. The van der Waals surface area contributed by atoms with Gasteiger partial charge in [0.2, 0.25) is 5.95 Å². The van der Waals surface area contributed by atoms with Gasteiger partial charge in [-0.15, -0.1) is 0 Å². The molecule has 2 N–H and O–H groups in total. The smallest absolute Gasteiger partial charge is 0.433 e. The molecule has 0 aromatic carbocycles. The molecule has 2 atom stereocenters. The minimum Gasteiger partial charge on any atom is -0.481 e. The largest absolute Gasteiger partial charge is 0.481 e. The Balaban J connectivity index is 2.03. The molecule has 0 unspecified atom stereocenters. The second kappa shape index (κ2) is 5.02. The quantitative estimate of drug-likeness (QED) is 0.884. The number of alkyl halides is 3. The number of halogens is 3. The number of anilines is 1. The van der Waals surface area contributed by atoms with Crippen molar-refractivity contribution in [2.45, 2.75) is 31.5 Å². The van der Waals surface area contributed by atoms with Gasteiger partial charge in [-0.2, -0.15) is 13.2 Å². The lowest BCUT2D eigenvalue weighted by Gasteiger charge is -2.13. The lowest BCUT2D eigenvalue weighted by molar-refractivity contribution is -0.142. The Morgan fingerprint density at radius 2 is 2.16 bits per heavy atom. The standard InChI is InChI=1S/C11H12F3N3O2/c12-11(13,14)8-3-4-15-10(17-8)16-7-2-1-6(5-7)9(18)19/h3-4,6-7H,1-2,5H2,(H,18,19)(H,15,16,17)/t6-,7+/m1/s1. The number of rotatable bonds is 3. The molecular weight excluding hydrogens is 263 g/mol. The lowest BCUT2D eigenvalue weighted by Crippen LogP contribution is -2.20. The lowest BCUT2D eigenvalue weighted by atomic mass is 10.1.